The average Bonchev–Trinajstić information content (AvgIpc) is 3.08. The van der Waals surface area contributed by atoms with E-state index in [0.717, 1.165) is 43.9 Å². The molecule has 0 saturated carbocycles. The highest BCUT2D eigenvalue weighted by atomic mass is 16.5. The van der Waals surface area contributed by atoms with E-state index < -0.39 is 0 Å². The quantitative estimate of drug-likeness (QED) is 0.712. The van der Waals surface area contributed by atoms with Gasteiger partial charge in [-0.2, -0.15) is 0 Å². The Balaban J connectivity index is 1.43. The molecule has 7 nitrogen and oxygen atoms in total. The molecule has 3 aromatic heterocycles. The normalized spacial score (nSPS) is 16.0. The van der Waals surface area contributed by atoms with E-state index >= 15 is 0 Å². The van der Waals surface area contributed by atoms with Gasteiger partial charge in [0.1, 0.15) is 17.0 Å². The van der Waals surface area contributed by atoms with Gasteiger partial charge in [0.05, 0.1) is 11.4 Å². The molecule has 0 radical (unpaired) electrons. The fraction of sp³-hybridized carbons (Fsp3) is 0.450. The van der Waals surface area contributed by atoms with Crippen molar-refractivity contribution in [3.05, 3.63) is 52.8 Å². The maximum absolute atomic E-state index is 12.9. The van der Waals surface area contributed by atoms with Crippen LogP contribution in [0.25, 0.3) is 5.65 Å². The minimum Gasteiger partial charge on any atom is -0.361 e. The lowest BCUT2D eigenvalue weighted by Gasteiger charge is -2.21. The fourth-order valence-corrected chi connectivity index (χ4v) is 3.74. The van der Waals surface area contributed by atoms with Crippen LogP contribution in [-0.4, -0.2) is 56.4 Å². The van der Waals surface area contributed by atoms with Crippen molar-refractivity contribution in [3.63, 3.8) is 0 Å². The monoisotopic (exact) mass is 367 g/mol. The Morgan fingerprint density at radius 1 is 1.11 bits per heavy atom. The minimum atomic E-state index is 0.0244. The molecule has 0 unspecified atom stereocenters. The molecule has 0 bridgehead atoms. The Bertz CT molecular complexity index is 955. The average molecular weight is 367 g/mol. The van der Waals surface area contributed by atoms with E-state index in [1.165, 1.54) is 5.56 Å². The third kappa shape index (κ3) is 3.60. The molecule has 0 spiro atoms. The molecule has 1 aliphatic rings. The molecule has 7 heteroatoms. The molecule has 4 heterocycles. The van der Waals surface area contributed by atoms with Crippen molar-refractivity contribution >= 4 is 11.6 Å². The van der Waals surface area contributed by atoms with Gasteiger partial charge in [-0.15, -0.1) is 0 Å². The Labute approximate surface area is 158 Å². The van der Waals surface area contributed by atoms with Crippen molar-refractivity contribution in [1.29, 1.82) is 0 Å². The number of carbonyl (C=O) groups excluding carboxylic acids is 1. The van der Waals surface area contributed by atoms with Crippen LogP contribution in [0.4, 0.5) is 0 Å². The van der Waals surface area contributed by atoms with Crippen LogP contribution >= 0.6 is 0 Å². The fourth-order valence-electron chi connectivity index (χ4n) is 3.74. The van der Waals surface area contributed by atoms with Gasteiger partial charge in [-0.25, -0.2) is 4.98 Å². The van der Waals surface area contributed by atoms with Gasteiger partial charge < -0.3 is 13.8 Å². The molecule has 1 fully saturated rings. The molecule has 0 N–H and O–H groups in total. The zero-order valence-electron chi connectivity index (χ0n) is 16.1. The predicted octanol–water partition coefficient (Wildman–Crippen LogP) is 2.60. The number of fused-ring (bicyclic) bond motifs is 1. The lowest BCUT2D eigenvalue weighted by atomic mass is 10.1. The van der Waals surface area contributed by atoms with Crippen LogP contribution in [0.2, 0.25) is 0 Å². The summed E-state index contributed by atoms with van der Waals surface area (Å²) in [5.41, 5.74) is 4.53. The van der Waals surface area contributed by atoms with Crippen molar-refractivity contribution in [2.45, 2.75) is 33.7 Å². The Morgan fingerprint density at radius 2 is 1.96 bits per heavy atom. The van der Waals surface area contributed by atoms with Crippen LogP contribution in [0.1, 0.15) is 39.5 Å². The van der Waals surface area contributed by atoms with Gasteiger partial charge in [-0.1, -0.05) is 11.2 Å². The number of hydrogen-bond acceptors (Lipinski definition) is 5. The molecule has 0 aliphatic carbocycles. The first-order valence-electron chi connectivity index (χ1n) is 9.40. The number of rotatable bonds is 3. The molecular formula is C20H25N5O2. The molecule has 3 aromatic rings. The van der Waals surface area contributed by atoms with Crippen molar-refractivity contribution in [3.8, 4) is 0 Å². The van der Waals surface area contributed by atoms with Crippen molar-refractivity contribution in [2.75, 3.05) is 26.2 Å². The summed E-state index contributed by atoms with van der Waals surface area (Å²) in [4.78, 5) is 21.9. The molecule has 1 aliphatic heterocycles. The smallest absolute Gasteiger partial charge is 0.259 e. The standard InChI is InChI=1S/C20H25N5O2/c1-14-5-6-18-21-17(13-25(18)11-14)12-23-7-4-8-24(10-9-23)20(26)19-15(2)22-27-16(19)3/h5-6,11,13H,4,7-10,12H2,1-3H3. The maximum atomic E-state index is 12.9. The number of nitrogens with zero attached hydrogens (tertiary/aromatic N) is 5. The summed E-state index contributed by atoms with van der Waals surface area (Å²) < 4.78 is 7.24. The van der Waals surface area contributed by atoms with Gasteiger partial charge in [0.15, 0.2) is 0 Å². The summed E-state index contributed by atoms with van der Waals surface area (Å²) >= 11 is 0. The number of carbonyl (C=O) groups is 1. The van der Waals surface area contributed by atoms with E-state index in [0.29, 0.717) is 23.6 Å². The van der Waals surface area contributed by atoms with Gasteiger partial charge in [0.2, 0.25) is 0 Å². The van der Waals surface area contributed by atoms with E-state index in [-0.39, 0.29) is 5.91 Å². The maximum Gasteiger partial charge on any atom is 0.259 e. The van der Waals surface area contributed by atoms with Crippen LogP contribution in [0.3, 0.4) is 0 Å². The second kappa shape index (κ2) is 7.15. The predicted molar refractivity (Wildman–Crippen MR) is 102 cm³/mol. The Kier molecular flexibility index (Phi) is 4.70. The molecule has 4 rings (SSSR count). The Morgan fingerprint density at radius 3 is 2.74 bits per heavy atom. The van der Waals surface area contributed by atoms with Crippen molar-refractivity contribution in [2.24, 2.45) is 0 Å². The molecular weight excluding hydrogens is 342 g/mol. The summed E-state index contributed by atoms with van der Waals surface area (Å²) in [7, 11) is 0. The highest BCUT2D eigenvalue weighted by Crippen LogP contribution is 2.17. The Hall–Kier alpha value is -2.67. The van der Waals surface area contributed by atoms with Gasteiger partial charge in [0.25, 0.3) is 5.91 Å². The number of amides is 1. The number of aryl methyl sites for hydroxylation is 3. The number of pyridine rings is 1. The van der Waals surface area contributed by atoms with E-state index in [2.05, 4.69) is 39.8 Å². The summed E-state index contributed by atoms with van der Waals surface area (Å²) in [6, 6.07) is 4.13. The van der Waals surface area contributed by atoms with Crippen LogP contribution in [0.15, 0.2) is 29.0 Å². The SMILES string of the molecule is Cc1ccc2nc(CN3CCCN(C(=O)c4c(C)noc4C)CC3)cn2c1. The number of hydrogen-bond donors (Lipinski definition) is 0. The summed E-state index contributed by atoms with van der Waals surface area (Å²) in [5.74, 6) is 0.620. The molecule has 1 amide bonds. The first kappa shape index (κ1) is 17.7. The zero-order valence-corrected chi connectivity index (χ0v) is 16.1. The van der Waals surface area contributed by atoms with Gasteiger partial charge in [-0.05, 0) is 38.8 Å². The van der Waals surface area contributed by atoms with Crippen molar-refractivity contribution in [1.82, 2.24) is 24.3 Å². The highest BCUT2D eigenvalue weighted by molar-refractivity contribution is 5.96. The zero-order chi connectivity index (χ0) is 19.0. The van der Waals surface area contributed by atoms with Crippen LogP contribution in [0, 0.1) is 20.8 Å². The van der Waals surface area contributed by atoms with Gasteiger partial charge in [-0.3, -0.25) is 9.69 Å². The molecule has 142 valence electrons. The number of imidazole rings is 1. The first-order valence-corrected chi connectivity index (χ1v) is 9.40. The van der Waals surface area contributed by atoms with E-state index in [1.807, 2.05) is 17.9 Å². The third-order valence-corrected chi connectivity index (χ3v) is 5.16. The van der Waals surface area contributed by atoms with E-state index in [4.69, 9.17) is 9.51 Å². The van der Waals surface area contributed by atoms with Crippen LogP contribution in [0.5, 0.6) is 0 Å². The van der Waals surface area contributed by atoms with Crippen LogP contribution < -0.4 is 0 Å². The molecule has 27 heavy (non-hydrogen) atoms. The van der Waals surface area contributed by atoms with E-state index in [1.54, 1.807) is 6.92 Å². The molecule has 0 atom stereocenters. The third-order valence-electron chi connectivity index (χ3n) is 5.16. The summed E-state index contributed by atoms with van der Waals surface area (Å²) in [6.07, 6.45) is 5.14. The van der Waals surface area contributed by atoms with Crippen LogP contribution in [-0.2, 0) is 6.54 Å². The van der Waals surface area contributed by atoms with Gasteiger partial charge in [0, 0.05) is 45.1 Å². The van der Waals surface area contributed by atoms with Crippen molar-refractivity contribution < 1.29 is 9.32 Å². The molecule has 0 aromatic carbocycles. The number of aromatic nitrogens is 3. The van der Waals surface area contributed by atoms with E-state index in [9.17, 15) is 4.79 Å². The summed E-state index contributed by atoms with van der Waals surface area (Å²) in [6.45, 7) is 9.74. The second-order valence-corrected chi connectivity index (χ2v) is 7.33. The largest absolute Gasteiger partial charge is 0.361 e. The minimum absolute atomic E-state index is 0.0244. The lowest BCUT2D eigenvalue weighted by molar-refractivity contribution is 0.0758. The summed E-state index contributed by atoms with van der Waals surface area (Å²) in [5, 5.41) is 3.91. The second-order valence-electron chi connectivity index (χ2n) is 7.33. The van der Waals surface area contributed by atoms with Gasteiger partial charge >= 0.3 is 0 Å². The topological polar surface area (TPSA) is 66.9 Å². The first-order chi connectivity index (χ1) is 13.0. The molecule has 1 saturated heterocycles. The highest BCUT2D eigenvalue weighted by Gasteiger charge is 2.25. The lowest BCUT2D eigenvalue weighted by Crippen LogP contribution is -2.35.